The SMILES string of the molecule is CCOc1cc(CC(C)Cl)ccc1NC(=O)C(C)C. The van der Waals surface area contributed by atoms with E-state index in [0.29, 0.717) is 18.0 Å². The van der Waals surface area contributed by atoms with Gasteiger partial charge in [0.05, 0.1) is 12.3 Å². The lowest BCUT2D eigenvalue weighted by Gasteiger charge is -2.14. The van der Waals surface area contributed by atoms with E-state index in [0.717, 1.165) is 12.0 Å². The molecule has 1 rings (SSSR count). The molecule has 0 aliphatic carbocycles. The number of rotatable bonds is 6. The average Bonchev–Trinajstić information content (AvgIpc) is 2.31. The minimum Gasteiger partial charge on any atom is -0.492 e. The van der Waals surface area contributed by atoms with Gasteiger partial charge in [-0.15, -0.1) is 11.6 Å². The molecule has 106 valence electrons. The summed E-state index contributed by atoms with van der Waals surface area (Å²) in [4.78, 5) is 11.7. The highest BCUT2D eigenvalue weighted by molar-refractivity contribution is 6.20. The molecule has 0 spiro atoms. The van der Waals surface area contributed by atoms with E-state index in [9.17, 15) is 4.79 Å². The normalized spacial score (nSPS) is 12.3. The molecule has 1 atom stereocenters. The molecule has 1 aromatic carbocycles. The van der Waals surface area contributed by atoms with Crippen molar-refractivity contribution in [1.82, 2.24) is 0 Å². The van der Waals surface area contributed by atoms with Gasteiger partial charge in [-0.1, -0.05) is 19.9 Å². The van der Waals surface area contributed by atoms with Gasteiger partial charge in [0, 0.05) is 11.3 Å². The largest absolute Gasteiger partial charge is 0.492 e. The molecule has 0 heterocycles. The van der Waals surface area contributed by atoms with Crippen LogP contribution in [0.1, 0.15) is 33.3 Å². The van der Waals surface area contributed by atoms with Gasteiger partial charge in [0.15, 0.2) is 0 Å². The molecule has 1 N–H and O–H groups in total. The van der Waals surface area contributed by atoms with Crippen molar-refractivity contribution in [3.05, 3.63) is 23.8 Å². The van der Waals surface area contributed by atoms with Crippen LogP contribution in [0.4, 0.5) is 5.69 Å². The van der Waals surface area contributed by atoms with Gasteiger partial charge >= 0.3 is 0 Å². The summed E-state index contributed by atoms with van der Waals surface area (Å²) in [6, 6.07) is 5.79. The molecule has 0 radical (unpaired) electrons. The predicted octanol–water partition coefficient (Wildman–Crippen LogP) is 3.85. The first-order chi connectivity index (χ1) is 8.93. The summed E-state index contributed by atoms with van der Waals surface area (Å²) in [7, 11) is 0. The van der Waals surface area contributed by atoms with Gasteiger partial charge in [0.1, 0.15) is 5.75 Å². The second kappa shape index (κ2) is 7.39. The lowest BCUT2D eigenvalue weighted by atomic mass is 10.1. The Morgan fingerprint density at radius 2 is 2.05 bits per heavy atom. The van der Waals surface area contributed by atoms with Crippen molar-refractivity contribution < 1.29 is 9.53 Å². The van der Waals surface area contributed by atoms with Crippen LogP contribution in [0.3, 0.4) is 0 Å². The van der Waals surface area contributed by atoms with Crippen molar-refractivity contribution >= 4 is 23.2 Å². The van der Waals surface area contributed by atoms with Crippen LogP contribution in [0.25, 0.3) is 0 Å². The molecule has 4 heteroatoms. The molecule has 3 nitrogen and oxygen atoms in total. The van der Waals surface area contributed by atoms with Gasteiger partial charge in [0.25, 0.3) is 0 Å². The number of hydrogen-bond donors (Lipinski definition) is 1. The zero-order chi connectivity index (χ0) is 14.4. The molecular weight excluding hydrogens is 262 g/mol. The van der Waals surface area contributed by atoms with Crippen LogP contribution in [-0.4, -0.2) is 17.9 Å². The molecule has 1 amide bonds. The Morgan fingerprint density at radius 1 is 1.37 bits per heavy atom. The first-order valence-electron chi connectivity index (χ1n) is 6.64. The number of halogens is 1. The highest BCUT2D eigenvalue weighted by atomic mass is 35.5. The van der Waals surface area contributed by atoms with E-state index in [1.54, 1.807) is 0 Å². The van der Waals surface area contributed by atoms with Gasteiger partial charge in [-0.05, 0) is 38.0 Å². The van der Waals surface area contributed by atoms with Gasteiger partial charge in [-0.2, -0.15) is 0 Å². The summed E-state index contributed by atoms with van der Waals surface area (Å²) in [5.74, 6) is 0.628. The number of carbonyl (C=O) groups is 1. The Labute approximate surface area is 120 Å². The number of carbonyl (C=O) groups excluding carboxylic acids is 1. The number of benzene rings is 1. The Morgan fingerprint density at radius 3 is 2.58 bits per heavy atom. The summed E-state index contributed by atoms with van der Waals surface area (Å²) < 4.78 is 5.58. The minimum absolute atomic E-state index is 0.0144. The Bertz CT molecular complexity index is 430. The van der Waals surface area contributed by atoms with Crippen LogP contribution in [0, 0.1) is 5.92 Å². The summed E-state index contributed by atoms with van der Waals surface area (Å²) in [6.07, 6.45) is 0.778. The summed E-state index contributed by atoms with van der Waals surface area (Å²) in [6.45, 7) is 8.16. The second-order valence-electron chi connectivity index (χ2n) is 4.89. The average molecular weight is 284 g/mol. The molecule has 1 unspecified atom stereocenters. The Kier molecular flexibility index (Phi) is 6.16. The second-order valence-corrected chi connectivity index (χ2v) is 5.64. The minimum atomic E-state index is -0.0583. The predicted molar refractivity (Wildman–Crippen MR) is 80.1 cm³/mol. The van der Waals surface area contributed by atoms with Crippen molar-refractivity contribution in [3.8, 4) is 5.75 Å². The first-order valence-corrected chi connectivity index (χ1v) is 7.08. The number of nitrogens with one attached hydrogen (secondary N) is 1. The monoisotopic (exact) mass is 283 g/mol. The number of amides is 1. The van der Waals surface area contributed by atoms with E-state index in [1.807, 2.05) is 45.9 Å². The van der Waals surface area contributed by atoms with Crippen molar-refractivity contribution in [2.75, 3.05) is 11.9 Å². The van der Waals surface area contributed by atoms with Crippen LogP contribution in [0.15, 0.2) is 18.2 Å². The van der Waals surface area contributed by atoms with E-state index >= 15 is 0 Å². The lowest BCUT2D eigenvalue weighted by Crippen LogP contribution is -2.18. The third-order valence-electron chi connectivity index (χ3n) is 2.65. The van der Waals surface area contributed by atoms with E-state index < -0.39 is 0 Å². The fraction of sp³-hybridized carbons (Fsp3) is 0.533. The lowest BCUT2D eigenvalue weighted by molar-refractivity contribution is -0.118. The molecule has 19 heavy (non-hydrogen) atoms. The zero-order valence-corrected chi connectivity index (χ0v) is 12.8. The van der Waals surface area contributed by atoms with Gasteiger partial charge in [-0.25, -0.2) is 0 Å². The number of hydrogen-bond acceptors (Lipinski definition) is 2. The molecule has 0 fully saturated rings. The first kappa shape index (κ1) is 15.8. The van der Waals surface area contributed by atoms with Crippen LogP contribution >= 0.6 is 11.6 Å². The van der Waals surface area contributed by atoms with Gasteiger partial charge in [-0.3, -0.25) is 4.79 Å². The summed E-state index contributed by atoms with van der Waals surface area (Å²) in [5, 5.41) is 2.95. The Hall–Kier alpha value is -1.22. The topological polar surface area (TPSA) is 38.3 Å². The molecule has 0 saturated heterocycles. The molecule has 1 aromatic rings. The van der Waals surface area contributed by atoms with E-state index in [4.69, 9.17) is 16.3 Å². The molecule has 0 bridgehead atoms. The van der Waals surface area contributed by atoms with Gasteiger partial charge < -0.3 is 10.1 Å². The molecular formula is C15H22ClNO2. The smallest absolute Gasteiger partial charge is 0.227 e. The maximum Gasteiger partial charge on any atom is 0.227 e. The van der Waals surface area contributed by atoms with Crippen molar-refractivity contribution in [3.63, 3.8) is 0 Å². The quantitative estimate of drug-likeness (QED) is 0.805. The van der Waals surface area contributed by atoms with E-state index in [2.05, 4.69) is 5.32 Å². The molecule has 0 aliphatic rings. The standard InChI is InChI=1S/C15H22ClNO2/c1-5-19-14-9-12(8-11(4)16)6-7-13(14)17-15(18)10(2)3/h6-7,9-11H,5,8H2,1-4H3,(H,17,18). The third-order valence-corrected chi connectivity index (χ3v) is 2.80. The van der Waals surface area contributed by atoms with E-state index in [-0.39, 0.29) is 17.2 Å². The summed E-state index contributed by atoms with van der Waals surface area (Å²) in [5.41, 5.74) is 1.82. The van der Waals surface area contributed by atoms with Crippen molar-refractivity contribution in [1.29, 1.82) is 0 Å². The highest BCUT2D eigenvalue weighted by Crippen LogP contribution is 2.27. The van der Waals surface area contributed by atoms with Crippen LogP contribution in [0.2, 0.25) is 0 Å². The number of alkyl halides is 1. The third kappa shape index (κ3) is 5.11. The fourth-order valence-electron chi connectivity index (χ4n) is 1.67. The van der Waals surface area contributed by atoms with Crippen molar-refractivity contribution in [2.24, 2.45) is 5.92 Å². The molecule has 0 saturated carbocycles. The summed E-state index contributed by atoms with van der Waals surface area (Å²) >= 11 is 6.00. The Balaban J connectivity index is 2.94. The maximum atomic E-state index is 11.7. The fourth-order valence-corrected chi connectivity index (χ4v) is 1.85. The maximum absolute atomic E-state index is 11.7. The number of anilines is 1. The van der Waals surface area contributed by atoms with Crippen molar-refractivity contribution in [2.45, 2.75) is 39.5 Å². The van der Waals surface area contributed by atoms with Crippen LogP contribution in [0.5, 0.6) is 5.75 Å². The van der Waals surface area contributed by atoms with Gasteiger partial charge in [0.2, 0.25) is 5.91 Å². The molecule has 0 aliphatic heterocycles. The highest BCUT2D eigenvalue weighted by Gasteiger charge is 2.12. The van der Waals surface area contributed by atoms with Crippen LogP contribution < -0.4 is 10.1 Å². The zero-order valence-electron chi connectivity index (χ0n) is 12.0. The molecule has 0 aromatic heterocycles. The van der Waals surface area contributed by atoms with E-state index in [1.165, 1.54) is 0 Å². The van der Waals surface area contributed by atoms with Crippen LogP contribution in [-0.2, 0) is 11.2 Å². The number of ether oxygens (including phenoxy) is 1.